The van der Waals surface area contributed by atoms with Crippen LogP contribution in [0.25, 0.3) is 0 Å². The molecule has 4 heteroatoms. The first-order chi connectivity index (χ1) is 14.3. The summed E-state index contributed by atoms with van der Waals surface area (Å²) in [5.74, 6) is 2.91. The van der Waals surface area contributed by atoms with Gasteiger partial charge in [0.05, 0.1) is 19.3 Å². The van der Waals surface area contributed by atoms with Crippen molar-refractivity contribution in [2.24, 2.45) is 40.4 Å². The summed E-state index contributed by atoms with van der Waals surface area (Å²) in [6.07, 6.45) is 12.0. The monoisotopic (exact) mass is 418 g/mol. The molecule has 0 aromatic carbocycles. The molecule has 0 aliphatic heterocycles. The van der Waals surface area contributed by atoms with Crippen molar-refractivity contribution in [3.8, 4) is 0 Å². The van der Waals surface area contributed by atoms with Crippen LogP contribution in [0.1, 0.15) is 78.6 Å². The van der Waals surface area contributed by atoms with E-state index in [1.54, 1.807) is 5.57 Å². The van der Waals surface area contributed by atoms with Crippen LogP contribution >= 0.6 is 0 Å². The first-order valence-electron chi connectivity index (χ1n) is 12.3. The molecule has 9 unspecified atom stereocenters. The molecule has 0 amide bonds. The number of aliphatic hydroxyl groups excluding tert-OH is 1. The van der Waals surface area contributed by atoms with Gasteiger partial charge in [-0.2, -0.15) is 0 Å². The minimum Gasteiger partial charge on any atom is -0.469 e. The Morgan fingerprint density at radius 1 is 1.20 bits per heavy atom. The SMILES string of the molecule is COC(=O)CCC(C)C1CCC2C3CCC4CC(O)CCC4(C)C3=CC(OC)C12C. The molecule has 0 radical (unpaired) electrons. The lowest BCUT2D eigenvalue weighted by Crippen LogP contribution is -2.53. The van der Waals surface area contributed by atoms with Crippen molar-refractivity contribution in [3.63, 3.8) is 0 Å². The Labute approximate surface area is 182 Å². The number of fused-ring (bicyclic) bond motifs is 5. The van der Waals surface area contributed by atoms with Crippen LogP contribution in [-0.2, 0) is 14.3 Å². The molecule has 9 atom stereocenters. The lowest BCUT2D eigenvalue weighted by molar-refractivity contribution is -0.141. The van der Waals surface area contributed by atoms with Gasteiger partial charge in [0.1, 0.15) is 0 Å². The highest BCUT2D eigenvalue weighted by Gasteiger charge is 2.61. The predicted octanol–water partition coefficient (Wildman–Crippen LogP) is 5.14. The van der Waals surface area contributed by atoms with Gasteiger partial charge >= 0.3 is 5.97 Å². The molecule has 0 bridgehead atoms. The Morgan fingerprint density at radius 2 is 1.97 bits per heavy atom. The summed E-state index contributed by atoms with van der Waals surface area (Å²) in [5.41, 5.74) is 2.02. The minimum atomic E-state index is -0.112. The van der Waals surface area contributed by atoms with E-state index < -0.39 is 0 Å². The number of hydrogen-bond acceptors (Lipinski definition) is 4. The number of ether oxygens (including phenoxy) is 2. The second kappa shape index (κ2) is 8.24. The standard InChI is InChI=1S/C26H42O4/c1-16(6-11-24(28)30-5)20-9-10-21-19-8-7-17-14-18(27)12-13-25(17,2)22(19)15-23(29-4)26(20,21)3/h15-21,23,27H,6-14H2,1-5H3. The normalized spacial score (nSPS) is 46.3. The summed E-state index contributed by atoms with van der Waals surface area (Å²) >= 11 is 0. The van der Waals surface area contributed by atoms with Crippen molar-refractivity contribution in [1.82, 2.24) is 0 Å². The lowest BCUT2D eigenvalue weighted by atomic mass is 9.47. The van der Waals surface area contributed by atoms with E-state index >= 15 is 0 Å². The molecule has 0 aromatic heterocycles. The van der Waals surface area contributed by atoms with Gasteiger partial charge < -0.3 is 14.6 Å². The van der Waals surface area contributed by atoms with Gasteiger partial charge in [0, 0.05) is 18.9 Å². The lowest BCUT2D eigenvalue weighted by Gasteiger charge is -2.58. The van der Waals surface area contributed by atoms with Gasteiger partial charge in [-0.15, -0.1) is 0 Å². The highest BCUT2D eigenvalue weighted by atomic mass is 16.5. The maximum Gasteiger partial charge on any atom is 0.305 e. The molecule has 0 heterocycles. The van der Waals surface area contributed by atoms with Crippen LogP contribution in [0.4, 0.5) is 0 Å². The van der Waals surface area contributed by atoms with Gasteiger partial charge in [-0.1, -0.05) is 32.4 Å². The van der Waals surface area contributed by atoms with Crippen LogP contribution in [0.2, 0.25) is 0 Å². The smallest absolute Gasteiger partial charge is 0.305 e. The van der Waals surface area contributed by atoms with E-state index in [0.717, 1.165) is 25.7 Å². The number of carbonyl (C=O) groups is 1. The Kier molecular flexibility index (Phi) is 6.13. The molecule has 4 nitrogen and oxygen atoms in total. The number of rotatable bonds is 5. The van der Waals surface area contributed by atoms with E-state index in [-0.39, 0.29) is 29.0 Å². The van der Waals surface area contributed by atoms with Gasteiger partial charge in [0.2, 0.25) is 0 Å². The van der Waals surface area contributed by atoms with Crippen molar-refractivity contribution < 1.29 is 19.4 Å². The number of hydrogen-bond donors (Lipinski definition) is 1. The van der Waals surface area contributed by atoms with Crippen molar-refractivity contribution in [2.75, 3.05) is 14.2 Å². The summed E-state index contributed by atoms with van der Waals surface area (Å²) in [5, 5.41) is 10.3. The Bertz CT molecular complexity index is 687. The van der Waals surface area contributed by atoms with E-state index in [9.17, 15) is 9.90 Å². The number of esters is 1. The van der Waals surface area contributed by atoms with Crippen molar-refractivity contribution in [1.29, 1.82) is 0 Å². The fourth-order valence-electron chi connectivity index (χ4n) is 8.41. The second-order valence-corrected chi connectivity index (χ2v) is 11.3. The maximum absolute atomic E-state index is 11.7. The summed E-state index contributed by atoms with van der Waals surface area (Å²) in [4.78, 5) is 11.7. The molecule has 4 rings (SSSR count). The van der Waals surface area contributed by atoms with Crippen LogP contribution in [0.3, 0.4) is 0 Å². The van der Waals surface area contributed by atoms with E-state index in [4.69, 9.17) is 9.47 Å². The second-order valence-electron chi connectivity index (χ2n) is 11.3. The van der Waals surface area contributed by atoms with E-state index in [1.807, 2.05) is 7.11 Å². The summed E-state index contributed by atoms with van der Waals surface area (Å²) in [7, 11) is 3.36. The van der Waals surface area contributed by atoms with Crippen LogP contribution in [0.15, 0.2) is 11.6 Å². The molecule has 0 spiro atoms. The highest BCUT2D eigenvalue weighted by molar-refractivity contribution is 5.69. The Morgan fingerprint density at radius 3 is 2.67 bits per heavy atom. The molecule has 0 saturated heterocycles. The number of aliphatic hydroxyl groups is 1. The molecule has 3 fully saturated rings. The summed E-state index contributed by atoms with van der Waals surface area (Å²) in [6.45, 7) is 7.28. The van der Waals surface area contributed by atoms with Crippen molar-refractivity contribution in [3.05, 3.63) is 11.6 Å². The number of allylic oxidation sites excluding steroid dienone is 1. The first kappa shape index (κ1) is 22.3. The van der Waals surface area contributed by atoms with Gasteiger partial charge in [-0.3, -0.25) is 4.79 Å². The fraction of sp³-hybridized carbons (Fsp3) is 0.885. The molecular weight excluding hydrogens is 376 g/mol. The topological polar surface area (TPSA) is 55.8 Å². The molecule has 1 N–H and O–H groups in total. The third kappa shape index (κ3) is 3.37. The van der Waals surface area contributed by atoms with Crippen molar-refractivity contribution in [2.45, 2.75) is 90.8 Å². The average molecular weight is 419 g/mol. The van der Waals surface area contributed by atoms with Crippen LogP contribution < -0.4 is 0 Å². The van der Waals surface area contributed by atoms with Crippen LogP contribution in [0, 0.1) is 40.4 Å². The molecule has 4 aliphatic carbocycles. The quantitative estimate of drug-likeness (QED) is 0.496. The average Bonchev–Trinajstić information content (AvgIpc) is 3.09. The van der Waals surface area contributed by atoms with Gasteiger partial charge in [0.25, 0.3) is 0 Å². The van der Waals surface area contributed by atoms with Gasteiger partial charge in [-0.25, -0.2) is 0 Å². The Balaban J connectivity index is 1.63. The van der Waals surface area contributed by atoms with Crippen molar-refractivity contribution >= 4 is 5.97 Å². The van der Waals surface area contributed by atoms with Crippen LogP contribution in [0.5, 0.6) is 0 Å². The third-order valence-electron chi connectivity index (χ3n) is 10.1. The summed E-state index contributed by atoms with van der Waals surface area (Å²) in [6, 6.07) is 0. The van der Waals surface area contributed by atoms with E-state index in [1.165, 1.54) is 32.8 Å². The zero-order valence-corrected chi connectivity index (χ0v) is 19.7. The van der Waals surface area contributed by atoms with Crippen LogP contribution in [-0.4, -0.2) is 37.5 Å². The zero-order chi connectivity index (χ0) is 21.7. The highest BCUT2D eigenvalue weighted by Crippen LogP contribution is 2.66. The summed E-state index contributed by atoms with van der Waals surface area (Å²) < 4.78 is 11.1. The van der Waals surface area contributed by atoms with E-state index in [0.29, 0.717) is 36.0 Å². The molecule has 30 heavy (non-hydrogen) atoms. The number of methoxy groups -OCH3 is 2. The molecule has 3 saturated carbocycles. The maximum atomic E-state index is 11.7. The zero-order valence-electron chi connectivity index (χ0n) is 19.7. The Hall–Kier alpha value is -0.870. The first-order valence-corrected chi connectivity index (χ1v) is 12.3. The minimum absolute atomic E-state index is 0.0959. The third-order valence-corrected chi connectivity index (χ3v) is 10.1. The van der Waals surface area contributed by atoms with Gasteiger partial charge in [-0.05, 0) is 86.4 Å². The largest absolute Gasteiger partial charge is 0.469 e. The molecule has 4 aliphatic rings. The molecule has 0 aromatic rings. The van der Waals surface area contributed by atoms with E-state index in [2.05, 4.69) is 26.8 Å². The number of carbonyl (C=O) groups excluding carboxylic acids is 1. The predicted molar refractivity (Wildman–Crippen MR) is 118 cm³/mol. The molecule has 170 valence electrons. The van der Waals surface area contributed by atoms with Gasteiger partial charge in [0.15, 0.2) is 0 Å². The molecular formula is C26H42O4. The fourth-order valence-corrected chi connectivity index (χ4v) is 8.41.